The van der Waals surface area contributed by atoms with E-state index in [4.69, 9.17) is 11.6 Å². The molecule has 0 saturated heterocycles. The molecule has 0 spiro atoms. The van der Waals surface area contributed by atoms with Gasteiger partial charge in [0.25, 0.3) is 0 Å². The standard InChI is InChI=1S/C23H33ClN2S/c1-5-7-21-10-9-20(14-18(21)3)16-25-12-6-13-26-19(4)27-23-15-22(24)11-8-17(23)2/h8-11,15,18,25-26H,4-7,12-14,16H2,1-3H3. The van der Waals surface area contributed by atoms with Gasteiger partial charge in [-0.2, -0.15) is 0 Å². The van der Waals surface area contributed by atoms with Gasteiger partial charge in [-0.05, 0) is 56.3 Å². The van der Waals surface area contributed by atoms with Crippen LogP contribution in [0.5, 0.6) is 0 Å². The number of thioether (sulfide) groups is 1. The first-order valence-electron chi connectivity index (χ1n) is 9.95. The van der Waals surface area contributed by atoms with Crippen molar-refractivity contribution in [3.05, 3.63) is 63.7 Å². The number of rotatable bonds is 11. The van der Waals surface area contributed by atoms with Crippen LogP contribution in [-0.4, -0.2) is 19.6 Å². The molecule has 0 fully saturated rings. The predicted molar refractivity (Wildman–Crippen MR) is 122 cm³/mol. The van der Waals surface area contributed by atoms with E-state index in [-0.39, 0.29) is 0 Å². The van der Waals surface area contributed by atoms with Crippen LogP contribution in [-0.2, 0) is 0 Å². The first kappa shape index (κ1) is 22.1. The summed E-state index contributed by atoms with van der Waals surface area (Å²) in [6.07, 6.45) is 9.42. The van der Waals surface area contributed by atoms with Crippen LogP contribution in [0.3, 0.4) is 0 Å². The summed E-state index contributed by atoms with van der Waals surface area (Å²) in [5.41, 5.74) is 4.35. The number of aryl methyl sites for hydroxylation is 1. The molecule has 0 heterocycles. The van der Waals surface area contributed by atoms with Gasteiger partial charge in [0, 0.05) is 23.0 Å². The molecule has 1 aliphatic carbocycles. The molecular formula is C23H33ClN2S. The number of halogens is 1. The normalized spacial score (nSPS) is 16.7. The van der Waals surface area contributed by atoms with Gasteiger partial charge in [-0.15, -0.1) is 0 Å². The van der Waals surface area contributed by atoms with Gasteiger partial charge < -0.3 is 10.6 Å². The van der Waals surface area contributed by atoms with Gasteiger partial charge in [-0.3, -0.25) is 0 Å². The van der Waals surface area contributed by atoms with Crippen LogP contribution in [0.4, 0.5) is 0 Å². The number of nitrogens with one attached hydrogen (secondary N) is 2. The molecule has 2 rings (SSSR count). The summed E-state index contributed by atoms with van der Waals surface area (Å²) in [5.74, 6) is 0.698. The van der Waals surface area contributed by atoms with Crippen molar-refractivity contribution < 1.29 is 0 Å². The second-order valence-corrected chi connectivity index (χ2v) is 8.89. The Morgan fingerprint density at radius 1 is 1.30 bits per heavy atom. The highest BCUT2D eigenvalue weighted by atomic mass is 35.5. The summed E-state index contributed by atoms with van der Waals surface area (Å²) in [6, 6.07) is 5.96. The second kappa shape index (κ2) is 11.6. The van der Waals surface area contributed by atoms with Crippen molar-refractivity contribution in [2.24, 2.45) is 5.92 Å². The molecule has 0 aliphatic heterocycles. The number of hydrogen-bond donors (Lipinski definition) is 2. The fraction of sp³-hybridized carbons (Fsp3) is 0.478. The minimum absolute atomic E-state index is 0.698. The molecule has 2 N–H and O–H groups in total. The minimum Gasteiger partial charge on any atom is -0.380 e. The van der Waals surface area contributed by atoms with Crippen LogP contribution in [0, 0.1) is 12.8 Å². The molecule has 1 atom stereocenters. The van der Waals surface area contributed by atoms with Crippen molar-refractivity contribution in [2.45, 2.75) is 51.3 Å². The molecule has 0 bridgehead atoms. The third-order valence-corrected chi connectivity index (χ3v) is 6.15. The Labute approximate surface area is 174 Å². The smallest absolute Gasteiger partial charge is 0.0656 e. The van der Waals surface area contributed by atoms with Crippen molar-refractivity contribution in [3.63, 3.8) is 0 Å². The number of allylic oxidation sites excluding steroid dienone is 3. The molecule has 1 aliphatic rings. The molecule has 0 aromatic heterocycles. The highest BCUT2D eigenvalue weighted by Gasteiger charge is 2.13. The molecule has 27 heavy (non-hydrogen) atoms. The van der Waals surface area contributed by atoms with Gasteiger partial charge >= 0.3 is 0 Å². The zero-order valence-electron chi connectivity index (χ0n) is 16.9. The number of hydrogen-bond acceptors (Lipinski definition) is 3. The van der Waals surface area contributed by atoms with Gasteiger partial charge in [0.1, 0.15) is 0 Å². The van der Waals surface area contributed by atoms with Gasteiger partial charge in [0.15, 0.2) is 0 Å². The lowest BCUT2D eigenvalue weighted by Gasteiger charge is -2.22. The summed E-state index contributed by atoms with van der Waals surface area (Å²) >= 11 is 7.73. The van der Waals surface area contributed by atoms with Gasteiger partial charge in [-0.1, -0.05) is 79.6 Å². The Hall–Kier alpha value is -1.16. The van der Waals surface area contributed by atoms with E-state index in [9.17, 15) is 0 Å². The Morgan fingerprint density at radius 3 is 2.85 bits per heavy atom. The van der Waals surface area contributed by atoms with Crippen LogP contribution in [0.15, 0.2) is 58.0 Å². The van der Waals surface area contributed by atoms with Gasteiger partial charge in [0.05, 0.1) is 5.03 Å². The Bertz CT molecular complexity index is 694. The maximum atomic E-state index is 6.08. The molecule has 2 nitrogen and oxygen atoms in total. The van der Waals surface area contributed by atoms with Gasteiger partial charge in [-0.25, -0.2) is 0 Å². The second-order valence-electron chi connectivity index (χ2n) is 7.31. The minimum atomic E-state index is 0.698. The van der Waals surface area contributed by atoms with Crippen molar-refractivity contribution in [2.75, 3.05) is 19.6 Å². The predicted octanol–water partition coefficient (Wildman–Crippen LogP) is 6.47. The first-order valence-corrected chi connectivity index (χ1v) is 11.1. The lowest BCUT2D eigenvalue weighted by molar-refractivity contribution is 0.590. The molecule has 0 amide bonds. The SMILES string of the molecule is C=C(NCCCNCC1=CC=C(CCC)C(C)C1)Sc1cc(Cl)ccc1C. The van der Waals surface area contributed by atoms with E-state index in [1.54, 1.807) is 17.3 Å². The molecule has 0 radical (unpaired) electrons. The zero-order valence-corrected chi connectivity index (χ0v) is 18.5. The monoisotopic (exact) mass is 404 g/mol. The molecule has 148 valence electrons. The van der Waals surface area contributed by atoms with Crippen molar-refractivity contribution in [1.29, 1.82) is 0 Å². The van der Waals surface area contributed by atoms with E-state index in [1.807, 2.05) is 18.2 Å². The molecule has 1 aromatic carbocycles. The van der Waals surface area contributed by atoms with Crippen molar-refractivity contribution in [3.8, 4) is 0 Å². The van der Waals surface area contributed by atoms with Crippen LogP contribution in [0.25, 0.3) is 0 Å². The first-order chi connectivity index (χ1) is 13.0. The lowest BCUT2D eigenvalue weighted by atomic mass is 9.86. The average Bonchev–Trinajstić information content (AvgIpc) is 2.63. The van der Waals surface area contributed by atoms with Crippen LogP contribution in [0.2, 0.25) is 5.02 Å². The fourth-order valence-electron chi connectivity index (χ4n) is 3.27. The molecule has 0 saturated carbocycles. The maximum Gasteiger partial charge on any atom is 0.0656 e. The van der Waals surface area contributed by atoms with Crippen LogP contribution >= 0.6 is 23.4 Å². The summed E-state index contributed by atoms with van der Waals surface area (Å²) in [4.78, 5) is 1.16. The third-order valence-electron chi connectivity index (χ3n) is 4.86. The Balaban J connectivity index is 1.61. The summed E-state index contributed by atoms with van der Waals surface area (Å²) in [7, 11) is 0. The van der Waals surface area contributed by atoms with Gasteiger partial charge in [0.2, 0.25) is 0 Å². The summed E-state index contributed by atoms with van der Waals surface area (Å²) in [5, 5.41) is 8.71. The van der Waals surface area contributed by atoms with E-state index in [0.717, 1.165) is 41.0 Å². The molecule has 1 unspecified atom stereocenters. The zero-order chi connectivity index (χ0) is 19.6. The molecule has 1 aromatic rings. The highest BCUT2D eigenvalue weighted by molar-refractivity contribution is 8.03. The Kier molecular flexibility index (Phi) is 9.53. The fourth-order valence-corrected chi connectivity index (χ4v) is 4.37. The highest BCUT2D eigenvalue weighted by Crippen LogP contribution is 2.29. The van der Waals surface area contributed by atoms with Crippen molar-refractivity contribution in [1.82, 2.24) is 10.6 Å². The lowest BCUT2D eigenvalue weighted by Crippen LogP contribution is -2.24. The van der Waals surface area contributed by atoms with E-state index in [1.165, 1.54) is 30.4 Å². The summed E-state index contributed by atoms with van der Waals surface area (Å²) in [6.45, 7) is 13.8. The maximum absolute atomic E-state index is 6.08. The number of benzene rings is 1. The van der Waals surface area contributed by atoms with E-state index < -0.39 is 0 Å². The van der Waals surface area contributed by atoms with E-state index in [2.05, 4.69) is 50.1 Å². The topological polar surface area (TPSA) is 24.1 Å². The third kappa shape index (κ3) is 7.77. The average molecular weight is 405 g/mol. The van der Waals surface area contributed by atoms with Crippen LogP contribution < -0.4 is 10.6 Å². The van der Waals surface area contributed by atoms with E-state index in [0.29, 0.717) is 5.92 Å². The molecule has 4 heteroatoms. The Morgan fingerprint density at radius 2 is 2.11 bits per heavy atom. The molecular weight excluding hydrogens is 372 g/mol. The van der Waals surface area contributed by atoms with Crippen molar-refractivity contribution >= 4 is 23.4 Å². The summed E-state index contributed by atoms with van der Waals surface area (Å²) < 4.78 is 0. The quantitative estimate of drug-likeness (QED) is 0.326. The van der Waals surface area contributed by atoms with E-state index >= 15 is 0 Å². The van der Waals surface area contributed by atoms with Crippen LogP contribution in [0.1, 0.15) is 45.1 Å². The largest absolute Gasteiger partial charge is 0.380 e.